The molecule has 0 aromatic heterocycles. The fraction of sp³-hybridized carbons (Fsp3) is 0.182. The summed E-state index contributed by atoms with van der Waals surface area (Å²) in [5.41, 5.74) is 6.51. The highest BCUT2D eigenvalue weighted by atomic mass is 79.9. The van der Waals surface area contributed by atoms with E-state index in [0.29, 0.717) is 29.9 Å². The van der Waals surface area contributed by atoms with Gasteiger partial charge in [-0.1, -0.05) is 54.6 Å². The molecule has 1 N–H and O–H groups in total. The van der Waals surface area contributed by atoms with Crippen molar-refractivity contribution in [2.45, 2.75) is 25.0 Å². The second kappa shape index (κ2) is 11.1. The molecule has 39 heavy (non-hydrogen) atoms. The summed E-state index contributed by atoms with van der Waals surface area (Å²) in [7, 11) is 1.61. The molecule has 196 valence electrons. The van der Waals surface area contributed by atoms with Crippen LogP contribution in [0.1, 0.15) is 40.6 Å². The molecular formula is C33H28BrFN2O2. The van der Waals surface area contributed by atoms with Crippen LogP contribution in [-0.2, 0) is 6.61 Å². The number of hydrogen-bond acceptors (Lipinski definition) is 4. The summed E-state index contributed by atoms with van der Waals surface area (Å²) in [6.07, 6.45) is 7.58. The molecule has 0 spiro atoms. The van der Waals surface area contributed by atoms with Gasteiger partial charge < -0.3 is 14.8 Å². The second-order valence-electron chi connectivity index (χ2n) is 9.86. The Morgan fingerprint density at radius 3 is 2.62 bits per heavy atom. The van der Waals surface area contributed by atoms with Crippen LogP contribution in [-0.4, -0.2) is 13.3 Å². The number of aliphatic imine (C=N–C) groups is 1. The highest BCUT2D eigenvalue weighted by molar-refractivity contribution is 9.10. The molecule has 0 saturated heterocycles. The monoisotopic (exact) mass is 582 g/mol. The Balaban J connectivity index is 1.16. The Labute approximate surface area is 236 Å². The van der Waals surface area contributed by atoms with Crippen LogP contribution in [0.3, 0.4) is 0 Å². The molecule has 2 aliphatic rings. The van der Waals surface area contributed by atoms with Crippen LogP contribution in [0.15, 0.2) is 107 Å². The van der Waals surface area contributed by atoms with Crippen LogP contribution in [0.2, 0.25) is 0 Å². The molecule has 4 aromatic carbocycles. The van der Waals surface area contributed by atoms with Crippen molar-refractivity contribution in [3.63, 3.8) is 0 Å². The Hall–Kier alpha value is -3.90. The van der Waals surface area contributed by atoms with Gasteiger partial charge in [-0.15, -0.1) is 0 Å². The van der Waals surface area contributed by atoms with Gasteiger partial charge in [0.1, 0.15) is 12.4 Å². The van der Waals surface area contributed by atoms with Gasteiger partial charge in [-0.3, -0.25) is 4.99 Å². The number of rotatable bonds is 7. The van der Waals surface area contributed by atoms with Crippen LogP contribution in [0.4, 0.5) is 15.8 Å². The van der Waals surface area contributed by atoms with Gasteiger partial charge in [0.15, 0.2) is 11.5 Å². The smallest absolute Gasteiger partial charge is 0.175 e. The molecule has 1 aliphatic heterocycles. The number of para-hydroxylation sites is 1. The van der Waals surface area contributed by atoms with E-state index >= 15 is 0 Å². The largest absolute Gasteiger partial charge is 0.493 e. The number of benzene rings is 4. The van der Waals surface area contributed by atoms with Crippen LogP contribution in [0.25, 0.3) is 0 Å². The van der Waals surface area contributed by atoms with Crippen LogP contribution in [0, 0.1) is 11.7 Å². The Morgan fingerprint density at radius 2 is 1.82 bits per heavy atom. The van der Waals surface area contributed by atoms with Gasteiger partial charge in [-0.05, 0) is 93.0 Å². The molecule has 0 amide bonds. The van der Waals surface area contributed by atoms with Crippen molar-refractivity contribution in [1.82, 2.24) is 0 Å². The lowest BCUT2D eigenvalue weighted by molar-refractivity contribution is 0.282. The fourth-order valence-electron chi connectivity index (χ4n) is 5.48. The maximum atomic E-state index is 13.2. The topological polar surface area (TPSA) is 42.8 Å². The average Bonchev–Trinajstić information content (AvgIpc) is 3.46. The molecular weight excluding hydrogens is 555 g/mol. The minimum Gasteiger partial charge on any atom is -0.493 e. The lowest BCUT2D eigenvalue weighted by Gasteiger charge is -2.37. The van der Waals surface area contributed by atoms with E-state index in [1.807, 2.05) is 18.3 Å². The zero-order chi connectivity index (χ0) is 26.8. The van der Waals surface area contributed by atoms with Crippen molar-refractivity contribution >= 4 is 33.5 Å². The van der Waals surface area contributed by atoms with Crippen molar-refractivity contribution in [1.29, 1.82) is 0 Å². The highest BCUT2D eigenvalue weighted by Gasteiger charge is 2.37. The van der Waals surface area contributed by atoms with Crippen molar-refractivity contribution < 1.29 is 13.9 Å². The predicted octanol–water partition coefficient (Wildman–Crippen LogP) is 8.75. The van der Waals surface area contributed by atoms with E-state index in [2.05, 4.69) is 81.9 Å². The standard InChI is InChI=1S/C33H28BrFN2O2/c1-38-31-18-22(17-29(34)33(31)39-20-21-9-13-24(35)14-10-21)19-36-25-15-11-23(12-16-25)32-28-7-4-6-26(28)27-5-2-3-8-30(27)37-32/h2-6,8-19,26,28,32,37H,7,20H2,1H3/t26-,28-,32-/m0/s1. The second-order valence-corrected chi connectivity index (χ2v) is 10.7. The first-order valence-electron chi connectivity index (χ1n) is 13.0. The quantitative estimate of drug-likeness (QED) is 0.175. The molecule has 1 heterocycles. The number of nitrogens with zero attached hydrogens (tertiary/aromatic N) is 1. The molecule has 0 radical (unpaired) electrons. The zero-order valence-corrected chi connectivity index (χ0v) is 23.1. The summed E-state index contributed by atoms with van der Waals surface area (Å²) in [6.45, 7) is 0.300. The number of allylic oxidation sites excluding steroid dienone is 2. The van der Waals surface area contributed by atoms with E-state index in [0.717, 1.165) is 27.7 Å². The average molecular weight is 584 g/mol. The Kier molecular flexibility index (Phi) is 7.20. The van der Waals surface area contributed by atoms with E-state index in [4.69, 9.17) is 14.5 Å². The molecule has 3 atom stereocenters. The number of halogens is 2. The van der Waals surface area contributed by atoms with Crippen molar-refractivity contribution in [2.24, 2.45) is 10.9 Å². The van der Waals surface area contributed by atoms with Gasteiger partial charge >= 0.3 is 0 Å². The van der Waals surface area contributed by atoms with E-state index < -0.39 is 0 Å². The minimum absolute atomic E-state index is 0.264. The third-order valence-electron chi connectivity index (χ3n) is 7.44. The van der Waals surface area contributed by atoms with E-state index in [1.54, 1.807) is 19.2 Å². The normalized spacial score (nSPS) is 19.4. The van der Waals surface area contributed by atoms with Gasteiger partial charge in [0.05, 0.1) is 23.3 Å². The van der Waals surface area contributed by atoms with E-state index in [1.165, 1.54) is 28.9 Å². The summed E-state index contributed by atoms with van der Waals surface area (Å²) < 4.78 is 25.5. The molecule has 6 heteroatoms. The van der Waals surface area contributed by atoms with Gasteiger partial charge in [-0.25, -0.2) is 4.39 Å². The maximum absolute atomic E-state index is 13.2. The predicted molar refractivity (Wildman–Crippen MR) is 158 cm³/mol. The van der Waals surface area contributed by atoms with Gasteiger partial charge in [-0.2, -0.15) is 0 Å². The number of methoxy groups -OCH3 is 1. The Morgan fingerprint density at radius 1 is 1.03 bits per heavy atom. The summed E-state index contributed by atoms with van der Waals surface area (Å²) >= 11 is 3.60. The van der Waals surface area contributed by atoms with E-state index in [-0.39, 0.29) is 11.9 Å². The van der Waals surface area contributed by atoms with Crippen LogP contribution < -0.4 is 14.8 Å². The fourth-order valence-corrected chi connectivity index (χ4v) is 6.06. The van der Waals surface area contributed by atoms with Gasteiger partial charge in [0.25, 0.3) is 0 Å². The molecule has 6 rings (SSSR count). The SMILES string of the molecule is COc1cc(C=Nc2ccc([C@@H]3Nc4ccccc4[C@@H]4C=CC[C@@H]43)cc2)cc(Br)c1OCc1ccc(F)cc1. The Bertz CT molecular complexity index is 1530. The first-order valence-corrected chi connectivity index (χ1v) is 13.8. The van der Waals surface area contributed by atoms with Crippen molar-refractivity contribution in [2.75, 3.05) is 12.4 Å². The third kappa shape index (κ3) is 5.34. The van der Waals surface area contributed by atoms with Crippen LogP contribution in [0.5, 0.6) is 11.5 Å². The van der Waals surface area contributed by atoms with E-state index in [9.17, 15) is 4.39 Å². The van der Waals surface area contributed by atoms with Crippen molar-refractivity contribution in [3.8, 4) is 11.5 Å². The lowest BCUT2D eigenvalue weighted by atomic mass is 9.77. The summed E-state index contributed by atoms with van der Waals surface area (Å²) in [5.74, 6) is 1.88. The number of anilines is 1. The number of ether oxygens (including phenoxy) is 2. The molecule has 0 bridgehead atoms. The molecule has 0 unspecified atom stereocenters. The molecule has 4 aromatic rings. The highest BCUT2D eigenvalue weighted by Crippen LogP contribution is 2.49. The molecule has 0 fully saturated rings. The summed E-state index contributed by atoms with van der Waals surface area (Å²) in [4.78, 5) is 4.70. The first kappa shape index (κ1) is 25.4. The lowest BCUT2D eigenvalue weighted by Crippen LogP contribution is -2.28. The molecule has 0 saturated carbocycles. The number of nitrogens with one attached hydrogen (secondary N) is 1. The molecule has 4 nitrogen and oxygen atoms in total. The maximum Gasteiger partial charge on any atom is 0.175 e. The summed E-state index contributed by atoms with van der Waals surface area (Å²) in [5, 5.41) is 3.78. The molecule has 1 aliphatic carbocycles. The number of fused-ring (bicyclic) bond motifs is 3. The zero-order valence-electron chi connectivity index (χ0n) is 21.5. The third-order valence-corrected chi connectivity index (χ3v) is 8.02. The van der Waals surface area contributed by atoms with Gasteiger partial charge in [0, 0.05) is 17.8 Å². The summed E-state index contributed by atoms with van der Waals surface area (Å²) in [6, 6.07) is 27.5. The van der Waals surface area contributed by atoms with Crippen molar-refractivity contribution in [3.05, 3.63) is 130 Å². The van der Waals surface area contributed by atoms with Crippen LogP contribution >= 0.6 is 15.9 Å². The van der Waals surface area contributed by atoms with Gasteiger partial charge in [0.2, 0.25) is 0 Å². The minimum atomic E-state index is -0.271. The number of hydrogen-bond donors (Lipinski definition) is 1. The first-order chi connectivity index (χ1) is 19.1.